The van der Waals surface area contributed by atoms with Crippen LogP contribution in [0.15, 0.2) is 29.3 Å². The minimum atomic E-state index is 0. The van der Waals surface area contributed by atoms with Gasteiger partial charge < -0.3 is 15.4 Å². The zero-order chi connectivity index (χ0) is 18.1. The van der Waals surface area contributed by atoms with Crippen LogP contribution in [-0.2, 0) is 11.2 Å². The minimum absolute atomic E-state index is 0. The average Bonchev–Trinajstić information content (AvgIpc) is 2.61. The number of guanidine groups is 1. The van der Waals surface area contributed by atoms with Crippen LogP contribution in [0.3, 0.4) is 0 Å². The molecule has 1 unspecified atom stereocenters. The summed E-state index contributed by atoms with van der Waals surface area (Å²) < 4.78 is 5.48. The van der Waals surface area contributed by atoms with Gasteiger partial charge in [-0.2, -0.15) is 0 Å². The highest BCUT2D eigenvalue weighted by Gasteiger charge is 2.23. The standard InChI is InChI=1S/C20H34N4O.HI/c1-16(2)19(24-10-12-25-13-11-24)15-23-20(21-4)22-9-8-18-7-5-6-17(3)14-18;/h5-7,14,16,19H,8-13,15H2,1-4H3,(H2,21,22,23);1H. The normalized spacial score (nSPS) is 16.9. The second-order valence-electron chi connectivity index (χ2n) is 7.08. The van der Waals surface area contributed by atoms with E-state index in [9.17, 15) is 0 Å². The van der Waals surface area contributed by atoms with E-state index in [1.165, 1.54) is 11.1 Å². The van der Waals surface area contributed by atoms with Crippen molar-refractivity contribution in [3.8, 4) is 0 Å². The molecule has 26 heavy (non-hydrogen) atoms. The van der Waals surface area contributed by atoms with Crippen molar-refractivity contribution in [2.75, 3.05) is 46.4 Å². The third-order valence-corrected chi connectivity index (χ3v) is 4.78. The lowest BCUT2D eigenvalue weighted by molar-refractivity contribution is 0.00752. The number of rotatable bonds is 7. The molecule has 0 saturated carbocycles. The number of hydrogen-bond donors (Lipinski definition) is 2. The predicted molar refractivity (Wildman–Crippen MR) is 121 cm³/mol. The van der Waals surface area contributed by atoms with Crippen LogP contribution in [0.1, 0.15) is 25.0 Å². The Bertz CT molecular complexity index is 544. The number of hydrogen-bond acceptors (Lipinski definition) is 3. The Morgan fingerprint density at radius 2 is 1.96 bits per heavy atom. The third kappa shape index (κ3) is 7.80. The molecule has 148 valence electrons. The summed E-state index contributed by atoms with van der Waals surface area (Å²) in [6.45, 7) is 12.2. The molecule has 1 saturated heterocycles. The van der Waals surface area contributed by atoms with E-state index in [1.54, 1.807) is 0 Å². The molecule has 1 aromatic rings. The van der Waals surface area contributed by atoms with Gasteiger partial charge in [0.2, 0.25) is 0 Å². The maximum atomic E-state index is 5.48. The van der Waals surface area contributed by atoms with Crippen LogP contribution in [0.4, 0.5) is 0 Å². The van der Waals surface area contributed by atoms with Gasteiger partial charge in [-0.3, -0.25) is 9.89 Å². The van der Waals surface area contributed by atoms with Crippen LogP contribution >= 0.6 is 24.0 Å². The number of nitrogens with one attached hydrogen (secondary N) is 2. The number of nitrogens with zero attached hydrogens (tertiary/aromatic N) is 2. The van der Waals surface area contributed by atoms with Crippen LogP contribution < -0.4 is 10.6 Å². The Morgan fingerprint density at radius 1 is 1.23 bits per heavy atom. The molecule has 0 bridgehead atoms. The van der Waals surface area contributed by atoms with Gasteiger partial charge in [0.1, 0.15) is 0 Å². The zero-order valence-electron chi connectivity index (χ0n) is 16.6. The quantitative estimate of drug-likeness (QED) is 0.363. The SMILES string of the molecule is CN=C(NCCc1cccc(C)c1)NCC(C(C)C)N1CCOCC1.I. The molecule has 0 amide bonds. The van der Waals surface area contributed by atoms with Crippen LogP contribution in [0.2, 0.25) is 0 Å². The van der Waals surface area contributed by atoms with Crippen LogP contribution in [-0.4, -0.2) is 63.3 Å². The van der Waals surface area contributed by atoms with Gasteiger partial charge in [0.25, 0.3) is 0 Å². The monoisotopic (exact) mass is 474 g/mol. The van der Waals surface area contributed by atoms with Gasteiger partial charge in [-0.15, -0.1) is 24.0 Å². The predicted octanol–water partition coefficient (Wildman–Crippen LogP) is 2.68. The summed E-state index contributed by atoms with van der Waals surface area (Å²) in [4.78, 5) is 6.89. The Hall–Kier alpha value is -0.860. The summed E-state index contributed by atoms with van der Waals surface area (Å²) >= 11 is 0. The summed E-state index contributed by atoms with van der Waals surface area (Å²) in [6, 6.07) is 9.17. The summed E-state index contributed by atoms with van der Waals surface area (Å²) in [7, 11) is 1.83. The van der Waals surface area contributed by atoms with Crippen molar-refractivity contribution < 1.29 is 4.74 Å². The van der Waals surface area contributed by atoms with E-state index >= 15 is 0 Å². The van der Waals surface area contributed by atoms with Crippen molar-refractivity contribution in [1.29, 1.82) is 0 Å². The first-order valence-electron chi connectivity index (χ1n) is 9.42. The lowest BCUT2D eigenvalue weighted by Crippen LogP contribution is -2.52. The average molecular weight is 474 g/mol. The Morgan fingerprint density at radius 3 is 2.58 bits per heavy atom. The lowest BCUT2D eigenvalue weighted by Gasteiger charge is -2.37. The van der Waals surface area contributed by atoms with Gasteiger partial charge in [-0.25, -0.2) is 0 Å². The van der Waals surface area contributed by atoms with Crippen LogP contribution in [0.25, 0.3) is 0 Å². The van der Waals surface area contributed by atoms with Crippen LogP contribution in [0.5, 0.6) is 0 Å². The summed E-state index contributed by atoms with van der Waals surface area (Å²) in [6.07, 6.45) is 0.999. The molecule has 6 heteroatoms. The maximum Gasteiger partial charge on any atom is 0.191 e. The molecule has 0 aliphatic carbocycles. The van der Waals surface area contributed by atoms with E-state index in [0.29, 0.717) is 12.0 Å². The Labute approximate surface area is 176 Å². The molecule has 1 atom stereocenters. The smallest absolute Gasteiger partial charge is 0.191 e. The van der Waals surface area contributed by atoms with Crippen molar-refractivity contribution >= 4 is 29.9 Å². The number of aliphatic imine (C=N–C) groups is 1. The molecule has 1 fully saturated rings. The second-order valence-corrected chi connectivity index (χ2v) is 7.08. The largest absolute Gasteiger partial charge is 0.379 e. The highest BCUT2D eigenvalue weighted by molar-refractivity contribution is 14.0. The highest BCUT2D eigenvalue weighted by atomic mass is 127. The first-order valence-corrected chi connectivity index (χ1v) is 9.42. The molecule has 1 heterocycles. The molecule has 2 N–H and O–H groups in total. The number of aryl methyl sites for hydroxylation is 1. The molecule has 0 radical (unpaired) electrons. The molecule has 5 nitrogen and oxygen atoms in total. The first-order chi connectivity index (χ1) is 12.1. The van der Waals surface area contributed by atoms with Crippen molar-refractivity contribution in [2.45, 2.75) is 33.2 Å². The van der Waals surface area contributed by atoms with Crippen LogP contribution in [0, 0.1) is 12.8 Å². The maximum absolute atomic E-state index is 5.48. The van der Waals surface area contributed by atoms with E-state index in [2.05, 4.69) is 65.6 Å². The zero-order valence-corrected chi connectivity index (χ0v) is 19.0. The Kier molecular flexibility index (Phi) is 11.2. The molecular formula is C20H35IN4O. The summed E-state index contributed by atoms with van der Waals surface area (Å²) in [5.41, 5.74) is 2.67. The molecule has 0 spiro atoms. The van der Waals surface area contributed by atoms with Gasteiger partial charge >= 0.3 is 0 Å². The number of halogens is 1. The number of benzene rings is 1. The fourth-order valence-electron chi connectivity index (χ4n) is 3.31. The lowest BCUT2D eigenvalue weighted by atomic mass is 10.0. The molecule has 0 aromatic heterocycles. The molecule has 2 rings (SSSR count). The van der Waals surface area contributed by atoms with Gasteiger partial charge in [-0.05, 0) is 24.8 Å². The van der Waals surface area contributed by atoms with Crippen molar-refractivity contribution in [3.63, 3.8) is 0 Å². The Balaban J connectivity index is 0.00000338. The summed E-state index contributed by atoms with van der Waals surface area (Å²) in [5.74, 6) is 1.47. The van der Waals surface area contributed by atoms with Crippen molar-refractivity contribution in [3.05, 3.63) is 35.4 Å². The molecule has 1 aliphatic rings. The van der Waals surface area contributed by atoms with E-state index in [1.807, 2.05) is 7.05 Å². The first kappa shape index (κ1) is 23.2. The molecule has 1 aliphatic heterocycles. The molecule has 1 aromatic carbocycles. The van der Waals surface area contributed by atoms with E-state index in [0.717, 1.165) is 51.8 Å². The molecular weight excluding hydrogens is 439 g/mol. The van der Waals surface area contributed by atoms with E-state index < -0.39 is 0 Å². The van der Waals surface area contributed by atoms with Crippen molar-refractivity contribution in [2.24, 2.45) is 10.9 Å². The fraction of sp³-hybridized carbons (Fsp3) is 0.650. The van der Waals surface area contributed by atoms with Gasteiger partial charge in [0, 0.05) is 39.3 Å². The second kappa shape index (κ2) is 12.5. The fourth-order valence-corrected chi connectivity index (χ4v) is 3.31. The van der Waals surface area contributed by atoms with E-state index in [-0.39, 0.29) is 24.0 Å². The topological polar surface area (TPSA) is 48.9 Å². The van der Waals surface area contributed by atoms with Crippen molar-refractivity contribution in [1.82, 2.24) is 15.5 Å². The summed E-state index contributed by atoms with van der Waals surface area (Å²) in [5, 5.41) is 6.93. The highest BCUT2D eigenvalue weighted by Crippen LogP contribution is 2.12. The van der Waals surface area contributed by atoms with Gasteiger partial charge in [-0.1, -0.05) is 43.7 Å². The van der Waals surface area contributed by atoms with E-state index in [4.69, 9.17) is 4.74 Å². The minimum Gasteiger partial charge on any atom is -0.379 e. The number of morpholine rings is 1. The van der Waals surface area contributed by atoms with Gasteiger partial charge in [0.05, 0.1) is 13.2 Å². The van der Waals surface area contributed by atoms with Gasteiger partial charge in [0.15, 0.2) is 5.96 Å². The number of ether oxygens (including phenoxy) is 1. The third-order valence-electron chi connectivity index (χ3n) is 4.78.